The largest absolute Gasteiger partial charge is 0.481 e. The molecule has 0 aliphatic heterocycles. The lowest BCUT2D eigenvalue weighted by Gasteiger charge is -2.20. The molecule has 0 aliphatic rings. The SMILES string of the molecule is COc1cc(CNC(=O)c2ccccc2N(C)C(=O)c2cccs2)ccn1. The van der Waals surface area contributed by atoms with Crippen LogP contribution in [-0.4, -0.2) is 31.0 Å². The van der Waals surface area contributed by atoms with Gasteiger partial charge in [-0.25, -0.2) is 4.98 Å². The molecular formula is C20H19N3O3S. The summed E-state index contributed by atoms with van der Waals surface area (Å²) in [4.78, 5) is 31.5. The average molecular weight is 381 g/mol. The van der Waals surface area contributed by atoms with Crippen molar-refractivity contribution in [2.75, 3.05) is 19.1 Å². The van der Waals surface area contributed by atoms with Gasteiger partial charge in [-0.05, 0) is 35.2 Å². The van der Waals surface area contributed by atoms with E-state index in [1.54, 1.807) is 62.8 Å². The maximum Gasteiger partial charge on any atom is 0.268 e. The van der Waals surface area contributed by atoms with Crippen molar-refractivity contribution in [2.45, 2.75) is 6.54 Å². The number of carbonyl (C=O) groups is 2. The summed E-state index contributed by atoms with van der Waals surface area (Å²) in [5.74, 6) is 0.0831. The monoisotopic (exact) mass is 381 g/mol. The predicted molar refractivity (Wildman–Crippen MR) is 105 cm³/mol. The fourth-order valence-electron chi connectivity index (χ4n) is 2.58. The smallest absolute Gasteiger partial charge is 0.268 e. The van der Waals surface area contributed by atoms with E-state index in [1.807, 2.05) is 11.4 Å². The van der Waals surface area contributed by atoms with Crippen LogP contribution in [0.2, 0.25) is 0 Å². The first-order valence-corrected chi connectivity index (χ1v) is 9.16. The summed E-state index contributed by atoms with van der Waals surface area (Å²) >= 11 is 1.37. The molecule has 0 unspecified atom stereocenters. The number of thiophene rings is 1. The van der Waals surface area contributed by atoms with Gasteiger partial charge in [0.25, 0.3) is 11.8 Å². The van der Waals surface area contributed by atoms with Gasteiger partial charge in [0.2, 0.25) is 5.88 Å². The minimum absolute atomic E-state index is 0.149. The molecule has 1 N–H and O–H groups in total. The third-order valence-electron chi connectivity index (χ3n) is 4.01. The van der Waals surface area contributed by atoms with Gasteiger partial charge in [-0.15, -0.1) is 11.3 Å². The zero-order valence-electron chi connectivity index (χ0n) is 15.0. The number of carbonyl (C=O) groups excluding carboxylic acids is 2. The lowest BCUT2D eigenvalue weighted by molar-refractivity contribution is 0.0951. The number of nitrogens with zero attached hydrogens (tertiary/aromatic N) is 2. The fourth-order valence-corrected chi connectivity index (χ4v) is 3.28. The molecule has 0 saturated heterocycles. The van der Waals surface area contributed by atoms with Gasteiger partial charge in [-0.1, -0.05) is 18.2 Å². The van der Waals surface area contributed by atoms with Gasteiger partial charge in [0, 0.05) is 25.9 Å². The zero-order chi connectivity index (χ0) is 19.2. The number of aromatic nitrogens is 1. The molecule has 1 aromatic carbocycles. The molecule has 6 nitrogen and oxygen atoms in total. The summed E-state index contributed by atoms with van der Waals surface area (Å²) in [6, 6.07) is 14.2. The summed E-state index contributed by atoms with van der Waals surface area (Å²) in [5, 5.41) is 4.73. The van der Waals surface area contributed by atoms with Gasteiger partial charge in [0.05, 0.1) is 23.2 Å². The van der Waals surface area contributed by atoms with Crippen LogP contribution in [-0.2, 0) is 6.54 Å². The number of benzene rings is 1. The molecule has 7 heteroatoms. The standard InChI is InChI=1S/C20H19N3O3S/c1-23(20(25)17-8-5-11-27-17)16-7-4-3-6-15(16)19(24)22-13-14-9-10-21-18(12-14)26-2/h3-12H,13H2,1-2H3,(H,22,24). The van der Waals surface area contributed by atoms with Crippen molar-refractivity contribution in [3.8, 4) is 5.88 Å². The number of amides is 2. The molecule has 138 valence electrons. The lowest BCUT2D eigenvalue weighted by Crippen LogP contribution is -2.30. The van der Waals surface area contributed by atoms with Crippen molar-refractivity contribution in [2.24, 2.45) is 0 Å². The fraction of sp³-hybridized carbons (Fsp3) is 0.150. The first kappa shape index (κ1) is 18.6. The molecule has 0 aliphatic carbocycles. The molecule has 3 aromatic rings. The second-order valence-electron chi connectivity index (χ2n) is 5.75. The summed E-state index contributed by atoms with van der Waals surface area (Å²) < 4.78 is 5.09. The lowest BCUT2D eigenvalue weighted by atomic mass is 10.1. The Kier molecular flexibility index (Phi) is 5.83. The van der Waals surface area contributed by atoms with Crippen LogP contribution >= 0.6 is 11.3 Å². The number of nitrogens with one attached hydrogen (secondary N) is 1. The molecular weight excluding hydrogens is 362 g/mol. The van der Waals surface area contributed by atoms with Gasteiger partial charge in [0.15, 0.2) is 0 Å². The van der Waals surface area contributed by atoms with E-state index >= 15 is 0 Å². The van der Waals surface area contributed by atoms with E-state index in [4.69, 9.17) is 4.74 Å². The van der Waals surface area contributed by atoms with Crippen molar-refractivity contribution >= 4 is 28.8 Å². The van der Waals surface area contributed by atoms with Gasteiger partial charge in [-0.3, -0.25) is 9.59 Å². The van der Waals surface area contributed by atoms with Crippen molar-refractivity contribution in [1.29, 1.82) is 0 Å². The minimum Gasteiger partial charge on any atom is -0.481 e. The number of ether oxygens (including phenoxy) is 1. The maximum absolute atomic E-state index is 12.7. The molecule has 0 bridgehead atoms. The Morgan fingerprint density at radius 2 is 2.00 bits per heavy atom. The van der Waals surface area contributed by atoms with E-state index in [9.17, 15) is 9.59 Å². The number of anilines is 1. The summed E-state index contributed by atoms with van der Waals surface area (Å²) in [6.07, 6.45) is 1.63. The van der Waals surface area contributed by atoms with Crippen LogP contribution in [0, 0.1) is 0 Å². The number of hydrogen-bond acceptors (Lipinski definition) is 5. The summed E-state index contributed by atoms with van der Waals surface area (Å²) in [6.45, 7) is 0.328. The molecule has 2 amide bonds. The number of hydrogen-bond donors (Lipinski definition) is 1. The van der Waals surface area contributed by atoms with E-state index in [2.05, 4.69) is 10.3 Å². The molecule has 2 heterocycles. The van der Waals surface area contributed by atoms with E-state index in [0.717, 1.165) is 5.56 Å². The summed E-state index contributed by atoms with van der Waals surface area (Å²) in [5.41, 5.74) is 1.86. The number of rotatable bonds is 6. The quantitative estimate of drug-likeness (QED) is 0.711. The highest BCUT2D eigenvalue weighted by Crippen LogP contribution is 2.22. The van der Waals surface area contributed by atoms with Crippen molar-refractivity contribution in [3.63, 3.8) is 0 Å². The second kappa shape index (κ2) is 8.46. The molecule has 0 atom stereocenters. The highest BCUT2D eigenvalue weighted by molar-refractivity contribution is 7.12. The Morgan fingerprint density at radius 3 is 2.74 bits per heavy atom. The van der Waals surface area contributed by atoms with E-state index in [1.165, 1.54) is 16.2 Å². The van der Waals surface area contributed by atoms with E-state index < -0.39 is 0 Å². The van der Waals surface area contributed by atoms with Crippen LogP contribution in [0.4, 0.5) is 5.69 Å². The second-order valence-corrected chi connectivity index (χ2v) is 6.70. The highest BCUT2D eigenvalue weighted by atomic mass is 32.1. The van der Waals surface area contributed by atoms with Crippen molar-refractivity contribution < 1.29 is 14.3 Å². The number of methoxy groups -OCH3 is 1. The minimum atomic E-state index is -0.257. The van der Waals surface area contributed by atoms with Crippen molar-refractivity contribution in [3.05, 3.63) is 76.1 Å². The van der Waals surface area contributed by atoms with E-state index in [0.29, 0.717) is 28.6 Å². The van der Waals surface area contributed by atoms with Crippen LogP contribution < -0.4 is 15.0 Å². The molecule has 27 heavy (non-hydrogen) atoms. The molecule has 0 saturated carbocycles. The maximum atomic E-state index is 12.7. The van der Waals surface area contributed by atoms with Gasteiger partial charge < -0.3 is 15.0 Å². The molecule has 2 aromatic heterocycles. The Hall–Kier alpha value is -3.19. The number of pyridine rings is 1. The third-order valence-corrected chi connectivity index (χ3v) is 4.87. The Labute approximate surface area is 161 Å². The third kappa shape index (κ3) is 4.32. The van der Waals surface area contributed by atoms with E-state index in [-0.39, 0.29) is 11.8 Å². The summed E-state index contributed by atoms with van der Waals surface area (Å²) in [7, 11) is 3.21. The van der Waals surface area contributed by atoms with Crippen LogP contribution in [0.15, 0.2) is 60.1 Å². The molecule has 0 fully saturated rings. The van der Waals surface area contributed by atoms with Crippen LogP contribution in [0.3, 0.4) is 0 Å². The van der Waals surface area contributed by atoms with Gasteiger partial charge >= 0.3 is 0 Å². The van der Waals surface area contributed by atoms with Gasteiger partial charge in [0.1, 0.15) is 0 Å². The van der Waals surface area contributed by atoms with Crippen LogP contribution in [0.25, 0.3) is 0 Å². The number of para-hydroxylation sites is 1. The zero-order valence-corrected chi connectivity index (χ0v) is 15.8. The Balaban J connectivity index is 1.76. The molecule has 0 radical (unpaired) electrons. The van der Waals surface area contributed by atoms with Crippen molar-refractivity contribution in [1.82, 2.24) is 10.3 Å². The average Bonchev–Trinajstić information content (AvgIpc) is 3.26. The predicted octanol–water partition coefficient (Wildman–Crippen LogP) is 3.36. The topological polar surface area (TPSA) is 71.5 Å². The molecule has 3 rings (SSSR count). The van der Waals surface area contributed by atoms with Crippen LogP contribution in [0.5, 0.6) is 5.88 Å². The normalized spacial score (nSPS) is 10.3. The highest BCUT2D eigenvalue weighted by Gasteiger charge is 2.20. The Bertz CT molecular complexity index is 941. The van der Waals surface area contributed by atoms with Crippen LogP contribution in [0.1, 0.15) is 25.6 Å². The van der Waals surface area contributed by atoms with Gasteiger partial charge in [-0.2, -0.15) is 0 Å². The molecule has 0 spiro atoms. The Morgan fingerprint density at radius 1 is 1.19 bits per heavy atom. The first-order chi connectivity index (χ1) is 13.1. The first-order valence-electron chi connectivity index (χ1n) is 8.28.